The van der Waals surface area contributed by atoms with Crippen molar-refractivity contribution in [1.82, 2.24) is 0 Å². The number of benzene rings is 2. The monoisotopic (exact) mass is 384 g/mol. The molecule has 0 unspecified atom stereocenters. The van der Waals surface area contributed by atoms with Crippen LogP contribution in [0.1, 0.15) is 66.7 Å². The van der Waals surface area contributed by atoms with E-state index in [2.05, 4.69) is 6.92 Å². The van der Waals surface area contributed by atoms with Crippen molar-refractivity contribution in [2.24, 2.45) is 0 Å². The summed E-state index contributed by atoms with van der Waals surface area (Å²) in [5.74, 6) is 0.886. The minimum atomic E-state index is -0.495. The molecule has 0 spiro atoms. The maximum Gasteiger partial charge on any atom is 0.343 e. The maximum absolute atomic E-state index is 12.4. The molecule has 2 aromatic carbocycles. The van der Waals surface area contributed by atoms with Gasteiger partial charge in [-0.25, -0.2) is 4.79 Å². The number of rotatable bonds is 12. The van der Waals surface area contributed by atoms with Crippen molar-refractivity contribution in [3.63, 3.8) is 0 Å². The van der Waals surface area contributed by atoms with Crippen molar-refractivity contribution < 1.29 is 23.8 Å². The summed E-state index contributed by atoms with van der Waals surface area (Å²) in [6, 6.07) is 11.6. The number of ether oxygens (including phenoxy) is 3. The van der Waals surface area contributed by atoms with Crippen LogP contribution >= 0.6 is 0 Å². The molecule has 0 aliphatic carbocycles. The first-order chi connectivity index (χ1) is 13.7. The van der Waals surface area contributed by atoms with E-state index < -0.39 is 5.97 Å². The van der Waals surface area contributed by atoms with Gasteiger partial charge < -0.3 is 14.2 Å². The Kier molecular flexibility index (Phi) is 9.05. The third-order valence-electron chi connectivity index (χ3n) is 4.21. The fourth-order valence-electron chi connectivity index (χ4n) is 2.69. The van der Waals surface area contributed by atoms with Crippen molar-refractivity contribution in [1.29, 1.82) is 0 Å². The van der Waals surface area contributed by atoms with Gasteiger partial charge in [-0.1, -0.05) is 32.6 Å². The Labute approximate surface area is 166 Å². The molecular weight excluding hydrogens is 356 g/mol. The van der Waals surface area contributed by atoms with Gasteiger partial charge in [0.2, 0.25) is 0 Å². The van der Waals surface area contributed by atoms with Gasteiger partial charge in [0.15, 0.2) is 11.5 Å². The zero-order chi connectivity index (χ0) is 20.2. The topological polar surface area (TPSA) is 61.8 Å². The van der Waals surface area contributed by atoms with Gasteiger partial charge in [-0.05, 0) is 55.8 Å². The molecule has 0 saturated heterocycles. The number of aldehydes is 1. The smallest absolute Gasteiger partial charge is 0.343 e. The van der Waals surface area contributed by atoms with Crippen molar-refractivity contribution in [3.8, 4) is 17.2 Å². The van der Waals surface area contributed by atoms with Gasteiger partial charge in [0.05, 0.1) is 18.8 Å². The lowest BCUT2D eigenvalue weighted by atomic mass is 10.2. The standard InChI is InChI=1S/C23H28O5/c1-3-5-6-7-8-15-27-20-12-10-19(11-13-20)23(25)28-21-14-9-18(17-24)16-22(21)26-4-2/h9-14,16-17H,3-8,15H2,1-2H3. The first-order valence-corrected chi connectivity index (χ1v) is 9.85. The summed E-state index contributed by atoms with van der Waals surface area (Å²) in [5.41, 5.74) is 0.872. The molecule has 0 aliphatic heterocycles. The van der Waals surface area contributed by atoms with Crippen LogP contribution in [-0.4, -0.2) is 25.5 Å². The average Bonchev–Trinajstić information content (AvgIpc) is 2.72. The van der Waals surface area contributed by atoms with E-state index in [0.29, 0.717) is 30.1 Å². The van der Waals surface area contributed by atoms with Crippen molar-refractivity contribution in [2.45, 2.75) is 46.0 Å². The Morgan fingerprint density at radius 2 is 1.64 bits per heavy atom. The molecule has 0 aromatic heterocycles. The number of esters is 1. The van der Waals surface area contributed by atoms with Crippen LogP contribution in [0.2, 0.25) is 0 Å². The molecule has 0 saturated carbocycles. The molecule has 0 N–H and O–H groups in total. The highest BCUT2D eigenvalue weighted by Crippen LogP contribution is 2.29. The summed E-state index contributed by atoms with van der Waals surface area (Å²) >= 11 is 0. The first kappa shape index (κ1) is 21.5. The molecule has 2 aromatic rings. The summed E-state index contributed by atoms with van der Waals surface area (Å²) in [4.78, 5) is 23.3. The van der Waals surface area contributed by atoms with Gasteiger partial charge in [0.1, 0.15) is 12.0 Å². The van der Waals surface area contributed by atoms with Crippen molar-refractivity contribution in [2.75, 3.05) is 13.2 Å². The molecule has 0 bridgehead atoms. The SMILES string of the molecule is CCCCCCCOc1ccc(C(=O)Oc2ccc(C=O)cc2OCC)cc1. The van der Waals surface area contributed by atoms with Crippen molar-refractivity contribution >= 4 is 12.3 Å². The minimum Gasteiger partial charge on any atom is -0.494 e. The van der Waals surface area contributed by atoms with E-state index in [-0.39, 0.29) is 5.75 Å². The Hall–Kier alpha value is -2.82. The van der Waals surface area contributed by atoms with Crippen LogP contribution in [0.15, 0.2) is 42.5 Å². The Morgan fingerprint density at radius 1 is 0.893 bits per heavy atom. The molecule has 5 nitrogen and oxygen atoms in total. The van der Waals surface area contributed by atoms with E-state index in [0.717, 1.165) is 18.5 Å². The van der Waals surface area contributed by atoms with E-state index in [1.54, 1.807) is 42.5 Å². The second-order valence-corrected chi connectivity index (χ2v) is 6.43. The molecule has 28 heavy (non-hydrogen) atoms. The number of carbonyl (C=O) groups is 2. The number of hydrogen-bond donors (Lipinski definition) is 0. The van der Waals surface area contributed by atoms with Crippen LogP contribution in [0.4, 0.5) is 0 Å². The second kappa shape index (κ2) is 11.8. The third-order valence-corrected chi connectivity index (χ3v) is 4.21. The van der Waals surface area contributed by atoms with Gasteiger partial charge in [-0.3, -0.25) is 4.79 Å². The van der Waals surface area contributed by atoms with Crippen molar-refractivity contribution in [3.05, 3.63) is 53.6 Å². The third kappa shape index (κ3) is 6.72. The van der Waals surface area contributed by atoms with Gasteiger partial charge >= 0.3 is 5.97 Å². The van der Waals surface area contributed by atoms with E-state index in [1.165, 1.54) is 25.7 Å². The number of unbranched alkanes of at least 4 members (excludes halogenated alkanes) is 4. The van der Waals surface area contributed by atoms with Gasteiger partial charge in [0, 0.05) is 5.56 Å². The summed E-state index contributed by atoms with van der Waals surface area (Å²) in [6.07, 6.45) is 6.65. The lowest BCUT2D eigenvalue weighted by Crippen LogP contribution is -2.10. The molecule has 0 aliphatic rings. The Balaban J connectivity index is 1.91. The molecule has 0 atom stereocenters. The molecule has 0 fully saturated rings. The van der Waals surface area contributed by atoms with E-state index in [1.807, 2.05) is 6.92 Å². The summed E-state index contributed by atoms with van der Waals surface area (Å²) < 4.78 is 16.6. The average molecular weight is 384 g/mol. The Morgan fingerprint density at radius 3 is 2.32 bits per heavy atom. The zero-order valence-electron chi connectivity index (χ0n) is 16.6. The van der Waals surface area contributed by atoms with Crippen LogP contribution in [-0.2, 0) is 0 Å². The van der Waals surface area contributed by atoms with Crippen LogP contribution < -0.4 is 14.2 Å². The summed E-state index contributed by atoms with van der Waals surface area (Å²) in [7, 11) is 0. The Bertz CT molecular complexity index is 752. The van der Waals surface area contributed by atoms with Gasteiger partial charge in [-0.15, -0.1) is 0 Å². The molecule has 5 heteroatoms. The highest BCUT2D eigenvalue weighted by molar-refractivity contribution is 5.91. The van der Waals surface area contributed by atoms with Gasteiger partial charge in [0.25, 0.3) is 0 Å². The fourth-order valence-corrected chi connectivity index (χ4v) is 2.69. The van der Waals surface area contributed by atoms with E-state index in [9.17, 15) is 9.59 Å². The number of carbonyl (C=O) groups excluding carboxylic acids is 2. The van der Waals surface area contributed by atoms with Crippen LogP contribution in [0, 0.1) is 0 Å². The van der Waals surface area contributed by atoms with E-state index in [4.69, 9.17) is 14.2 Å². The molecule has 0 heterocycles. The minimum absolute atomic E-state index is 0.282. The van der Waals surface area contributed by atoms with Crippen LogP contribution in [0.25, 0.3) is 0 Å². The van der Waals surface area contributed by atoms with Crippen LogP contribution in [0.3, 0.4) is 0 Å². The lowest BCUT2D eigenvalue weighted by molar-refractivity contribution is 0.0728. The molecule has 0 radical (unpaired) electrons. The quantitative estimate of drug-likeness (QED) is 0.210. The lowest BCUT2D eigenvalue weighted by Gasteiger charge is -2.11. The largest absolute Gasteiger partial charge is 0.494 e. The normalized spacial score (nSPS) is 10.4. The molecule has 150 valence electrons. The number of hydrogen-bond acceptors (Lipinski definition) is 5. The summed E-state index contributed by atoms with van der Waals surface area (Å²) in [6.45, 7) is 5.09. The highest BCUT2D eigenvalue weighted by atomic mass is 16.6. The fraction of sp³-hybridized carbons (Fsp3) is 0.391. The molecular formula is C23H28O5. The van der Waals surface area contributed by atoms with E-state index >= 15 is 0 Å². The maximum atomic E-state index is 12.4. The predicted molar refractivity (Wildman–Crippen MR) is 109 cm³/mol. The van der Waals surface area contributed by atoms with Crippen LogP contribution in [0.5, 0.6) is 17.2 Å². The first-order valence-electron chi connectivity index (χ1n) is 9.85. The zero-order valence-corrected chi connectivity index (χ0v) is 16.6. The highest BCUT2D eigenvalue weighted by Gasteiger charge is 2.13. The summed E-state index contributed by atoms with van der Waals surface area (Å²) in [5, 5.41) is 0. The van der Waals surface area contributed by atoms with Gasteiger partial charge in [-0.2, -0.15) is 0 Å². The molecule has 2 rings (SSSR count). The second-order valence-electron chi connectivity index (χ2n) is 6.43. The predicted octanol–water partition coefficient (Wildman–Crippen LogP) is 5.47. The molecule has 0 amide bonds.